The summed E-state index contributed by atoms with van der Waals surface area (Å²) in [7, 11) is 0. The maximum absolute atomic E-state index is 8.86. The van der Waals surface area contributed by atoms with Crippen molar-refractivity contribution in [2.75, 3.05) is 6.61 Å². The van der Waals surface area contributed by atoms with Crippen molar-refractivity contribution in [2.45, 2.75) is 24.5 Å². The van der Waals surface area contributed by atoms with Crippen LogP contribution in [0.4, 0.5) is 0 Å². The molecule has 4 atom stereocenters. The maximum Gasteiger partial charge on any atom is 0.131 e. The van der Waals surface area contributed by atoms with Crippen LogP contribution in [-0.4, -0.2) is 56.7 Å². The van der Waals surface area contributed by atoms with E-state index in [1.54, 1.807) is 0 Å². The molecule has 1 unspecified atom stereocenters. The summed E-state index contributed by atoms with van der Waals surface area (Å²) in [5.74, 6) is 0. The Morgan fingerprint density at radius 3 is 1.73 bits per heavy atom. The smallest absolute Gasteiger partial charge is 0.131 e. The molecule has 0 aliphatic carbocycles. The van der Waals surface area contributed by atoms with E-state index in [2.05, 4.69) is 0 Å². The normalized spacial score (nSPS) is 22.4. The van der Waals surface area contributed by atoms with Gasteiger partial charge >= 0.3 is 0 Å². The van der Waals surface area contributed by atoms with Gasteiger partial charge in [-0.25, -0.2) is 0 Å². The molecule has 0 radical (unpaired) electrons. The minimum Gasteiger partial charge on any atom is -0.394 e. The molecule has 0 fully saturated rings. The fraction of sp³-hybridized carbons (Fsp3) is 1.00. The lowest BCUT2D eigenvalue weighted by molar-refractivity contribution is -0.113. The van der Waals surface area contributed by atoms with Crippen molar-refractivity contribution in [3.8, 4) is 0 Å². The number of rotatable bonds is 4. The average molecular weight is 167 g/mol. The molecule has 0 aliphatic rings. The first kappa shape index (κ1) is 10.8. The lowest BCUT2D eigenvalue weighted by atomic mass is 10.1. The van der Waals surface area contributed by atoms with Crippen LogP contribution in [0.1, 0.15) is 0 Å². The lowest BCUT2D eigenvalue weighted by Gasteiger charge is -2.22. The van der Waals surface area contributed by atoms with Gasteiger partial charge in [-0.05, 0) is 0 Å². The van der Waals surface area contributed by atoms with Crippen molar-refractivity contribution >= 4 is 0 Å². The third-order valence-electron chi connectivity index (χ3n) is 1.28. The van der Waals surface area contributed by atoms with Crippen LogP contribution in [0.5, 0.6) is 0 Å². The molecule has 0 saturated carbocycles. The predicted molar refractivity (Wildman–Crippen MR) is 35.3 cm³/mol. The second-order valence-corrected chi connectivity index (χ2v) is 2.22. The van der Waals surface area contributed by atoms with Gasteiger partial charge in [0.25, 0.3) is 0 Å². The van der Waals surface area contributed by atoms with Gasteiger partial charge in [0.15, 0.2) is 0 Å². The fourth-order valence-corrected chi connectivity index (χ4v) is 0.538. The third-order valence-corrected chi connectivity index (χ3v) is 1.28. The Bertz CT molecular complexity index is 109. The minimum absolute atomic E-state index is 0.703. The van der Waals surface area contributed by atoms with Gasteiger partial charge in [-0.2, -0.15) is 0 Å². The van der Waals surface area contributed by atoms with Crippen LogP contribution < -0.4 is 5.73 Å². The van der Waals surface area contributed by atoms with Gasteiger partial charge < -0.3 is 31.3 Å². The van der Waals surface area contributed by atoms with Crippen molar-refractivity contribution in [3.05, 3.63) is 0 Å². The largest absolute Gasteiger partial charge is 0.394 e. The zero-order valence-corrected chi connectivity index (χ0v) is 5.83. The van der Waals surface area contributed by atoms with Gasteiger partial charge in [-0.3, -0.25) is 0 Å². The van der Waals surface area contributed by atoms with E-state index in [4.69, 9.17) is 31.3 Å². The van der Waals surface area contributed by atoms with Crippen molar-refractivity contribution in [2.24, 2.45) is 5.73 Å². The highest BCUT2D eigenvalue weighted by molar-refractivity contribution is 4.77. The quantitative estimate of drug-likeness (QED) is 0.239. The second kappa shape index (κ2) is 4.60. The maximum atomic E-state index is 8.86. The lowest BCUT2D eigenvalue weighted by Crippen LogP contribution is -2.49. The van der Waals surface area contributed by atoms with E-state index in [9.17, 15) is 0 Å². The SMILES string of the molecule is NC(O)[C@@H](O)[C@@H](O)[C@H](O)CO. The first-order chi connectivity index (χ1) is 5.00. The van der Waals surface area contributed by atoms with Crippen LogP contribution in [0, 0.1) is 0 Å². The monoisotopic (exact) mass is 167 g/mol. The summed E-state index contributed by atoms with van der Waals surface area (Å²) in [5.41, 5.74) is 4.78. The zero-order chi connectivity index (χ0) is 9.02. The van der Waals surface area contributed by atoms with Crippen LogP contribution in [0.25, 0.3) is 0 Å². The van der Waals surface area contributed by atoms with Crippen LogP contribution in [0.2, 0.25) is 0 Å². The van der Waals surface area contributed by atoms with Gasteiger partial charge in [-0.1, -0.05) is 0 Å². The van der Waals surface area contributed by atoms with Crippen molar-refractivity contribution in [1.82, 2.24) is 0 Å². The molecule has 0 aromatic heterocycles. The molecule has 11 heavy (non-hydrogen) atoms. The summed E-state index contributed by atoms with van der Waals surface area (Å²) in [6, 6.07) is 0. The summed E-state index contributed by atoms with van der Waals surface area (Å²) in [6.45, 7) is -0.703. The first-order valence-corrected chi connectivity index (χ1v) is 3.09. The summed E-state index contributed by atoms with van der Waals surface area (Å²) < 4.78 is 0. The Labute approximate surface area is 63.5 Å². The Hall–Kier alpha value is -0.240. The van der Waals surface area contributed by atoms with Gasteiger partial charge in [-0.15, -0.1) is 0 Å². The second-order valence-electron chi connectivity index (χ2n) is 2.22. The summed E-state index contributed by atoms with van der Waals surface area (Å²) >= 11 is 0. The molecule has 0 aromatic rings. The van der Waals surface area contributed by atoms with Crippen LogP contribution in [-0.2, 0) is 0 Å². The third kappa shape index (κ3) is 3.10. The number of nitrogens with two attached hydrogens (primary N) is 1. The molecule has 0 aromatic carbocycles. The highest BCUT2D eigenvalue weighted by atomic mass is 16.4. The zero-order valence-electron chi connectivity index (χ0n) is 5.83. The van der Waals surface area contributed by atoms with Gasteiger partial charge in [0, 0.05) is 0 Å². The average Bonchev–Trinajstić information content (AvgIpc) is 2.00. The molecule has 68 valence electrons. The summed E-state index contributed by atoms with van der Waals surface area (Å²) in [5, 5.41) is 43.2. The van der Waals surface area contributed by atoms with E-state index < -0.39 is 31.1 Å². The van der Waals surface area contributed by atoms with Crippen LogP contribution in [0.15, 0.2) is 0 Å². The number of aliphatic hydroxyl groups excluding tert-OH is 5. The topological polar surface area (TPSA) is 127 Å². The van der Waals surface area contributed by atoms with E-state index in [1.807, 2.05) is 0 Å². The van der Waals surface area contributed by atoms with Crippen LogP contribution in [0.3, 0.4) is 0 Å². The molecule has 0 bridgehead atoms. The van der Waals surface area contributed by atoms with E-state index in [0.29, 0.717) is 0 Å². The molecular weight excluding hydrogens is 154 g/mol. The first-order valence-electron chi connectivity index (χ1n) is 3.09. The van der Waals surface area contributed by atoms with Crippen LogP contribution >= 0.6 is 0 Å². The highest BCUT2D eigenvalue weighted by Gasteiger charge is 2.27. The van der Waals surface area contributed by atoms with Crippen molar-refractivity contribution in [3.63, 3.8) is 0 Å². The number of hydrogen-bond donors (Lipinski definition) is 6. The van der Waals surface area contributed by atoms with Crippen molar-refractivity contribution in [1.29, 1.82) is 0 Å². The fourth-order valence-electron chi connectivity index (χ4n) is 0.538. The predicted octanol–water partition coefficient (Wildman–Crippen LogP) is -3.66. The molecule has 0 spiro atoms. The number of hydrogen-bond acceptors (Lipinski definition) is 6. The Balaban J connectivity index is 3.90. The molecule has 0 rings (SSSR count). The Morgan fingerprint density at radius 1 is 1.00 bits per heavy atom. The molecule has 0 amide bonds. The molecule has 0 aliphatic heterocycles. The number of aliphatic hydroxyl groups is 5. The Kier molecular flexibility index (Phi) is 4.50. The molecule has 6 heteroatoms. The van der Waals surface area contributed by atoms with Crippen molar-refractivity contribution < 1.29 is 25.5 Å². The molecule has 0 heterocycles. The molecule has 7 N–H and O–H groups in total. The highest BCUT2D eigenvalue weighted by Crippen LogP contribution is 2.00. The minimum atomic E-state index is -1.66. The molecule has 0 saturated heterocycles. The summed E-state index contributed by atoms with van der Waals surface area (Å²) in [4.78, 5) is 0. The summed E-state index contributed by atoms with van der Waals surface area (Å²) in [6.07, 6.45) is -6.42. The molecular formula is C5H13NO5. The van der Waals surface area contributed by atoms with E-state index in [1.165, 1.54) is 0 Å². The van der Waals surface area contributed by atoms with E-state index >= 15 is 0 Å². The van der Waals surface area contributed by atoms with E-state index in [-0.39, 0.29) is 0 Å². The van der Waals surface area contributed by atoms with Gasteiger partial charge in [0.1, 0.15) is 24.5 Å². The van der Waals surface area contributed by atoms with E-state index in [0.717, 1.165) is 0 Å². The van der Waals surface area contributed by atoms with Gasteiger partial charge in [0.05, 0.1) is 6.61 Å². The Morgan fingerprint density at radius 2 is 1.45 bits per heavy atom. The molecule has 6 nitrogen and oxygen atoms in total. The van der Waals surface area contributed by atoms with Gasteiger partial charge in [0.2, 0.25) is 0 Å². The standard InChI is InChI=1S/C5H13NO5/c6-5(11)4(10)3(9)2(8)1-7/h2-5,7-11H,1,6H2/t2-,3+,4+,5?/m1/s1.